The largest absolute Gasteiger partial charge is 0.505 e. The lowest BCUT2D eigenvalue weighted by atomic mass is 10.1. The van der Waals surface area contributed by atoms with Crippen molar-refractivity contribution in [3.8, 4) is 5.75 Å². The predicted molar refractivity (Wildman–Crippen MR) is 108 cm³/mol. The van der Waals surface area contributed by atoms with E-state index in [-0.39, 0.29) is 32.8 Å². The van der Waals surface area contributed by atoms with Crippen molar-refractivity contribution in [2.75, 3.05) is 11.9 Å². The van der Waals surface area contributed by atoms with Gasteiger partial charge in [0.25, 0.3) is 11.8 Å². The molecule has 0 bridgehead atoms. The minimum absolute atomic E-state index is 0.0317. The van der Waals surface area contributed by atoms with Gasteiger partial charge in [-0.3, -0.25) is 9.59 Å². The third-order valence-corrected chi connectivity index (χ3v) is 5.20. The van der Waals surface area contributed by atoms with Crippen LogP contribution >= 0.6 is 22.9 Å². The summed E-state index contributed by atoms with van der Waals surface area (Å²) in [5.74, 6) is -3.02. The van der Waals surface area contributed by atoms with Crippen molar-refractivity contribution in [3.05, 3.63) is 81.2 Å². The summed E-state index contributed by atoms with van der Waals surface area (Å²) in [7, 11) is 0. The second-order valence-corrected chi connectivity index (χ2v) is 7.69. The molecule has 0 aliphatic rings. The van der Waals surface area contributed by atoms with Gasteiger partial charge in [-0.2, -0.15) is 0 Å². The fourth-order valence-electron chi connectivity index (χ4n) is 2.55. The molecule has 1 heterocycles. The third kappa shape index (κ3) is 5.10. The molecule has 0 aliphatic carbocycles. The average Bonchev–Trinajstić information content (AvgIpc) is 3.05. The van der Waals surface area contributed by atoms with E-state index in [1.165, 1.54) is 18.2 Å². The highest BCUT2D eigenvalue weighted by atomic mass is 35.5. The number of aromatic hydroxyl groups is 1. The van der Waals surface area contributed by atoms with Crippen molar-refractivity contribution in [2.24, 2.45) is 0 Å². The van der Waals surface area contributed by atoms with Crippen molar-refractivity contribution in [1.82, 2.24) is 5.32 Å². The Hall–Kier alpha value is -2.97. The van der Waals surface area contributed by atoms with Gasteiger partial charge >= 0.3 is 0 Å². The number of benzene rings is 2. The van der Waals surface area contributed by atoms with E-state index >= 15 is 0 Å². The molecule has 0 radical (unpaired) electrons. The Balaban J connectivity index is 1.67. The van der Waals surface area contributed by atoms with Gasteiger partial charge < -0.3 is 15.7 Å². The molecule has 0 atom stereocenters. The number of thiophene rings is 1. The number of nitrogens with one attached hydrogen (secondary N) is 2. The molecular formula is C20H15ClF2N2O3S. The minimum atomic E-state index is -0.937. The van der Waals surface area contributed by atoms with Crippen LogP contribution in [0.1, 0.15) is 26.3 Å². The molecule has 1 aromatic heterocycles. The molecule has 3 N–H and O–H groups in total. The topological polar surface area (TPSA) is 78.4 Å². The number of phenolic OH excluding ortho intramolecular Hbond substituents is 1. The Morgan fingerprint density at radius 2 is 1.79 bits per heavy atom. The molecule has 0 fully saturated rings. The first kappa shape index (κ1) is 20.8. The highest BCUT2D eigenvalue weighted by Gasteiger charge is 2.19. The molecule has 9 heteroatoms. The first-order valence-corrected chi connectivity index (χ1v) is 9.65. The number of carbonyl (C=O) groups excluding carboxylic acids is 2. The number of hydrogen-bond donors (Lipinski definition) is 3. The normalized spacial score (nSPS) is 10.6. The molecule has 0 saturated heterocycles. The Bertz CT molecular complexity index is 1070. The van der Waals surface area contributed by atoms with Crippen LogP contribution in [0.4, 0.5) is 13.8 Å². The van der Waals surface area contributed by atoms with Gasteiger partial charge in [-0.25, -0.2) is 8.78 Å². The number of phenols is 1. The van der Waals surface area contributed by atoms with E-state index in [4.69, 9.17) is 11.6 Å². The van der Waals surface area contributed by atoms with Gasteiger partial charge in [-0.15, -0.1) is 11.3 Å². The maximum atomic E-state index is 13.6. The van der Waals surface area contributed by atoms with Gasteiger partial charge in [0.05, 0.1) is 9.90 Å². The van der Waals surface area contributed by atoms with Crippen molar-refractivity contribution in [2.45, 2.75) is 6.42 Å². The molecule has 150 valence electrons. The lowest BCUT2D eigenvalue weighted by Crippen LogP contribution is -2.26. The van der Waals surface area contributed by atoms with E-state index < -0.39 is 23.4 Å². The Kier molecular flexibility index (Phi) is 6.46. The van der Waals surface area contributed by atoms with Crippen LogP contribution < -0.4 is 10.6 Å². The van der Waals surface area contributed by atoms with E-state index in [1.54, 1.807) is 18.2 Å². The first-order chi connectivity index (χ1) is 13.8. The Labute approximate surface area is 173 Å². The molecule has 0 spiro atoms. The number of amides is 2. The summed E-state index contributed by atoms with van der Waals surface area (Å²) in [6.45, 7) is 0.184. The average molecular weight is 437 g/mol. The summed E-state index contributed by atoms with van der Waals surface area (Å²) in [4.78, 5) is 24.8. The molecule has 0 aliphatic heterocycles. The quantitative estimate of drug-likeness (QED) is 0.528. The van der Waals surface area contributed by atoms with Crippen molar-refractivity contribution in [3.63, 3.8) is 0 Å². The van der Waals surface area contributed by atoms with Gasteiger partial charge in [-0.05, 0) is 42.3 Å². The SMILES string of the molecule is O=C(Nc1sc(Cl)cc1C(=O)NCCc1ccccc1F)c1ccc(O)c(F)c1. The van der Waals surface area contributed by atoms with Crippen LogP contribution in [0.2, 0.25) is 4.34 Å². The molecule has 0 saturated carbocycles. The van der Waals surface area contributed by atoms with Crippen molar-refractivity contribution >= 4 is 39.8 Å². The van der Waals surface area contributed by atoms with Crippen LogP contribution in [0.25, 0.3) is 0 Å². The zero-order chi connectivity index (χ0) is 21.0. The van der Waals surface area contributed by atoms with Crippen LogP contribution in [0, 0.1) is 11.6 Å². The smallest absolute Gasteiger partial charge is 0.256 e. The standard InChI is InChI=1S/C20H15ClF2N2O3S/c21-17-10-13(19(28)24-8-7-11-3-1-2-4-14(11)22)20(29-17)25-18(27)12-5-6-16(26)15(23)9-12/h1-6,9-10,26H,7-8H2,(H,24,28)(H,25,27). The van der Waals surface area contributed by atoms with E-state index in [2.05, 4.69) is 10.6 Å². The molecule has 3 rings (SSSR count). The number of hydrogen-bond acceptors (Lipinski definition) is 4. The number of halogens is 3. The Morgan fingerprint density at radius 3 is 2.52 bits per heavy atom. The van der Waals surface area contributed by atoms with Gasteiger partial charge in [-0.1, -0.05) is 29.8 Å². The molecule has 5 nitrogen and oxygen atoms in total. The maximum Gasteiger partial charge on any atom is 0.256 e. The zero-order valence-corrected chi connectivity index (χ0v) is 16.4. The minimum Gasteiger partial charge on any atom is -0.505 e. The zero-order valence-electron chi connectivity index (χ0n) is 14.8. The molecule has 29 heavy (non-hydrogen) atoms. The van der Waals surface area contributed by atoms with Crippen LogP contribution in [0.15, 0.2) is 48.5 Å². The second-order valence-electron chi connectivity index (χ2n) is 6.01. The van der Waals surface area contributed by atoms with Crippen LogP contribution in [-0.4, -0.2) is 23.5 Å². The fraction of sp³-hybridized carbons (Fsp3) is 0.100. The summed E-state index contributed by atoms with van der Waals surface area (Å²) in [5.41, 5.74) is 0.580. The van der Waals surface area contributed by atoms with Gasteiger partial charge in [0.2, 0.25) is 0 Å². The number of anilines is 1. The maximum absolute atomic E-state index is 13.6. The first-order valence-electron chi connectivity index (χ1n) is 8.46. The van der Waals surface area contributed by atoms with E-state index in [1.807, 2.05) is 0 Å². The fourth-order valence-corrected chi connectivity index (χ4v) is 3.67. The number of carbonyl (C=O) groups is 2. The summed E-state index contributed by atoms with van der Waals surface area (Å²) >= 11 is 6.96. The summed E-state index contributed by atoms with van der Waals surface area (Å²) in [5, 5.41) is 14.6. The van der Waals surface area contributed by atoms with Gasteiger partial charge in [0.15, 0.2) is 11.6 Å². The highest BCUT2D eigenvalue weighted by molar-refractivity contribution is 7.20. The van der Waals surface area contributed by atoms with Crippen LogP contribution in [0.5, 0.6) is 5.75 Å². The monoisotopic (exact) mass is 436 g/mol. The van der Waals surface area contributed by atoms with Crippen LogP contribution in [0.3, 0.4) is 0 Å². The van der Waals surface area contributed by atoms with Crippen molar-refractivity contribution in [1.29, 1.82) is 0 Å². The van der Waals surface area contributed by atoms with Crippen molar-refractivity contribution < 1.29 is 23.5 Å². The molecule has 3 aromatic rings. The highest BCUT2D eigenvalue weighted by Crippen LogP contribution is 2.32. The predicted octanol–water partition coefficient (Wildman–Crippen LogP) is 4.61. The van der Waals surface area contributed by atoms with Crippen LogP contribution in [-0.2, 0) is 6.42 Å². The van der Waals surface area contributed by atoms with E-state index in [0.29, 0.717) is 12.0 Å². The molecular weight excluding hydrogens is 422 g/mol. The third-order valence-electron chi connectivity index (χ3n) is 4.02. The summed E-state index contributed by atoms with van der Waals surface area (Å²) in [6.07, 6.45) is 0.296. The molecule has 0 unspecified atom stereocenters. The lowest BCUT2D eigenvalue weighted by Gasteiger charge is -2.08. The molecule has 2 amide bonds. The molecule has 2 aromatic carbocycles. The second kappa shape index (κ2) is 9.02. The summed E-state index contributed by atoms with van der Waals surface area (Å²) < 4.78 is 27.4. The van der Waals surface area contributed by atoms with Gasteiger partial charge in [0.1, 0.15) is 10.8 Å². The summed E-state index contributed by atoms with van der Waals surface area (Å²) in [6, 6.07) is 10.9. The van der Waals surface area contributed by atoms with E-state index in [0.717, 1.165) is 23.5 Å². The number of rotatable bonds is 6. The van der Waals surface area contributed by atoms with Gasteiger partial charge in [0, 0.05) is 12.1 Å². The van der Waals surface area contributed by atoms with E-state index in [9.17, 15) is 23.5 Å². The lowest BCUT2D eigenvalue weighted by molar-refractivity contribution is 0.0955. The Morgan fingerprint density at radius 1 is 1.03 bits per heavy atom.